The molecule has 1 unspecified atom stereocenters. The van der Waals surface area contributed by atoms with Crippen LogP contribution in [-0.4, -0.2) is 19.1 Å². The molecule has 0 spiro atoms. The van der Waals surface area contributed by atoms with Gasteiger partial charge in [0.1, 0.15) is 0 Å². The van der Waals surface area contributed by atoms with Gasteiger partial charge in [-0.25, -0.2) is 4.79 Å². The zero-order valence-corrected chi connectivity index (χ0v) is 12.5. The Balaban J connectivity index is 1.95. The molecule has 110 valence electrons. The largest absolute Gasteiger partial charge is 0.465 e. The molecule has 0 aliphatic heterocycles. The van der Waals surface area contributed by atoms with E-state index >= 15 is 0 Å². The zero-order valence-electron chi connectivity index (χ0n) is 12.5. The van der Waals surface area contributed by atoms with E-state index in [2.05, 4.69) is 36.5 Å². The zero-order chi connectivity index (χ0) is 15.1. The average molecular weight is 283 g/mol. The number of benzene rings is 2. The van der Waals surface area contributed by atoms with E-state index in [0.29, 0.717) is 18.2 Å². The highest BCUT2D eigenvalue weighted by atomic mass is 16.5. The summed E-state index contributed by atoms with van der Waals surface area (Å²) >= 11 is 0. The fraction of sp³-hybridized carbons (Fsp3) is 0.278. The minimum atomic E-state index is -0.289. The second kappa shape index (κ2) is 7.60. The molecule has 2 rings (SSSR count). The van der Waals surface area contributed by atoms with Crippen LogP contribution < -0.4 is 5.32 Å². The number of carbonyl (C=O) groups excluding carboxylic acids is 1. The van der Waals surface area contributed by atoms with Crippen LogP contribution >= 0.6 is 0 Å². The van der Waals surface area contributed by atoms with E-state index in [1.165, 1.54) is 12.7 Å². The number of carbonyl (C=O) groups is 1. The van der Waals surface area contributed by atoms with E-state index in [1.54, 1.807) is 6.07 Å². The highest BCUT2D eigenvalue weighted by molar-refractivity contribution is 5.90. The minimum Gasteiger partial charge on any atom is -0.465 e. The second-order valence-corrected chi connectivity index (χ2v) is 5.12. The number of hydrogen-bond donors (Lipinski definition) is 1. The molecule has 0 fully saturated rings. The van der Waals surface area contributed by atoms with E-state index in [0.717, 1.165) is 12.0 Å². The summed E-state index contributed by atoms with van der Waals surface area (Å²) in [6.07, 6.45) is 0.960. The first-order chi connectivity index (χ1) is 10.2. The summed E-state index contributed by atoms with van der Waals surface area (Å²) in [5, 5.41) is 3.46. The van der Waals surface area contributed by atoms with Crippen molar-refractivity contribution < 1.29 is 9.53 Å². The van der Waals surface area contributed by atoms with Crippen LogP contribution in [0.25, 0.3) is 0 Å². The van der Waals surface area contributed by atoms with Crippen molar-refractivity contribution in [3.63, 3.8) is 0 Å². The van der Waals surface area contributed by atoms with Crippen molar-refractivity contribution in [2.75, 3.05) is 7.11 Å². The normalized spacial score (nSPS) is 11.9. The Bertz CT molecular complexity index is 581. The third-order valence-corrected chi connectivity index (χ3v) is 3.45. The van der Waals surface area contributed by atoms with Crippen LogP contribution in [0.5, 0.6) is 0 Å². The first kappa shape index (κ1) is 15.3. The summed E-state index contributed by atoms with van der Waals surface area (Å²) in [4.78, 5) is 11.7. The predicted octanol–water partition coefficient (Wildman–Crippen LogP) is 3.19. The monoisotopic (exact) mass is 283 g/mol. The van der Waals surface area contributed by atoms with E-state index in [-0.39, 0.29) is 5.97 Å². The van der Waals surface area contributed by atoms with Crippen molar-refractivity contribution in [1.82, 2.24) is 5.32 Å². The van der Waals surface area contributed by atoms with E-state index < -0.39 is 0 Å². The number of esters is 1. The Hall–Kier alpha value is -2.13. The Morgan fingerprint density at radius 1 is 1.10 bits per heavy atom. The molecular formula is C18H21NO2. The lowest BCUT2D eigenvalue weighted by atomic mass is 10.1. The van der Waals surface area contributed by atoms with Crippen LogP contribution in [0.1, 0.15) is 28.4 Å². The molecule has 0 saturated heterocycles. The van der Waals surface area contributed by atoms with Gasteiger partial charge in [-0.15, -0.1) is 0 Å². The van der Waals surface area contributed by atoms with Crippen LogP contribution in [-0.2, 0) is 17.7 Å². The molecule has 21 heavy (non-hydrogen) atoms. The van der Waals surface area contributed by atoms with Gasteiger partial charge in [-0.2, -0.15) is 0 Å². The first-order valence-corrected chi connectivity index (χ1v) is 7.14. The summed E-state index contributed by atoms with van der Waals surface area (Å²) in [5.41, 5.74) is 2.89. The molecule has 0 radical (unpaired) electrons. The molecule has 0 heterocycles. The fourth-order valence-electron chi connectivity index (χ4n) is 2.31. The van der Waals surface area contributed by atoms with Gasteiger partial charge in [-0.3, -0.25) is 0 Å². The molecule has 0 saturated carbocycles. The Labute approximate surface area is 126 Å². The van der Waals surface area contributed by atoms with Gasteiger partial charge in [0.2, 0.25) is 0 Å². The number of rotatable bonds is 6. The quantitative estimate of drug-likeness (QED) is 0.827. The second-order valence-electron chi connectivity index (χ2n) is 5.12. The molecule has 0 bridgehead atoms. The lowest BCUT2D eigenvalue weighted by molar-refractivity contribution is 0.0599. The topological polar surface area (TPSA) is 38.3 Å². The van der Waals surface area contributed by atoms with E-state index in [4.69, 9.17) is 4.74 Å². The Morgan fingerprint density at radius 3 is 2.48 bits per heavy atom. The summed E-state index contributed by atoms with van der Waals surface area (Å²) in [7, 11) is 1.41. The van der Waals surface area contributed by atoms with Crippen LogP contribution in [0.15, 0.2) is 54.6 Å². The standard InChI is InChI=1S/C18H21NO2/c1-14(12-15-8-4-3-5-9-15)19-13-16-10-6-7-11-17(16)18(20)21-2/h3-11,14,19H,12-13H2,1-2H3. The molecule has 3 nitrogen and oxygen atoms in total. The van der Waals surface area contributed by atoms with Gasteiger partial charge in [-0.1, -0.05) is 48.5 Å². The van der Waals surface area contributed by atoms with Crippen molar-refractivity contribution in [3.8, 4) is 0 Å². The number of methoxy groups -OCH3 is 1. The lowest BCUT2D eigenvalue weighted by Gasteiger charge is -2.15. The lowest BCUT2D eigenvalue weighted by Crippen LogP contribution is -2.28. The maximum Gasteiger partial charge on any atom is 0.338 e. The van der Waals surface area contributed by atoms with Crippen molar-refractivity contribution in [3.05, 3.63) is 71.3 Å². The van der Waals surface area contributed by atoms with Crippen molar-refractivity contribution in [1.29, 1.82) is 0 Å². The van der Waals surface area contributed by atoms with E-state index in [1.807, 2.05) is 24.3 Å². The predicted molar refractivity (Wildman–Crippen MR) is 84.2 cm³/mol. The third-order valence-electron chi connectivity index (χ3n) is 3.45. The average Bonchev–Trinajstić information content (AvgIpc) is 2.53. The first-order valence-electron chi connectivity index (χ1n) is 7.14. The molecule has 0 amide bonds. The van der Waals surface area contributed by atoms with E-state index in [9.17, 15) is 4.79 Å². The Kier molecular flexibility index (Phi) is 5.52. The Morgan fingerprint density at radius 2 is 1.76 bits per heavy atom. The molecule has 1 N–H and O–H groups in total. The maximum absolute atomic E-state index is 11.7. The number of ether oxygens (including phenoxy) is 1. The van der Waals surface area contributed by atoms with Gasteiger partial charge in [0.15, 0.2) is 0 Å². The van der Waals surface area contributed by atoms with Gasteiger partial charge in [-0.05, 0) is 30.5 Å². The van der Waals surface area contributed by atoms with Gasteiger partial charge in [0.25, 0.3) is 0 Å². The molecule has 3 heteroatoms. The van der Waals surface area contributed by atoms with Gasteiger partial charge < -0.3 is 10.1 Å². The number of nitrogens with one attached hydrogen (secondary N) is 1. The van der Waals surface area contributed by atoms with Crippen molar-refractivity contribution in [2.45, 2.75) is 25.9 Å². The summed E-state index contributed by atoms with van der Waals surface area (Å²) in [6.45, 7) is 2.80. The molecule has 1 atom stereocenters. The third kappa shape index (κ3) is 4.43. The molecule has 2 aromatic carbocycles. The molecule has 0 aromatic heterocycles. The smallest absolute Gasteiger partial charge is 0.338 e. The van der Waals surface area contributed by atoms with Crippen molar-refractivity contribution in [2.24, 2.45) is 0 Å². The van der Waals surface area contributed by atoms with Gasteiger partial charge in [0.05, 0.1) is 12.7 Å². The van der Waals surface area contributed by atoms with Gasteiger partial charge in [0, 0.05) is 12.6 Å². The van der Waals surface area contributed by atoms with Gasteiger partial charge >= 0.3 is 5.97 Å². The molecule has 2 aromatic rings. The highest BCUT2D eigenvalue weighted by Gasteiger charge is 2.11. The van der Waals surface area contributed by atoms with Crippen LogP contribution in [0.4, 0.5) is 0 Å². The summed E-state index contributed by atoms with van der Waals surface area (Å²) in [6, 6.07) is 18.2. The van der Waals surface area contributed by atoms with Crippen LogP contribution in [0, 0.1) is 0 Å². The summed E-state index contributed by atoms with van der Waals surface area (Å²) < 4.78 is 4.81. The molecular weight excluding hydrogens is 262 g/mol. The fourth-order valence-corrected chi connectivity index (χ4v) is 2.31. The minimum absolute atomic E-state index is 0.289. The molecule has 0 aliphatic rings. The number of hydrogen-bond acceptors (Lipinski definition) is 3. The SMILES string of the molecule is COC(=O)c1ccccc1CNC(C)Cc1ccccc1. The highest BCUT2D eigenvalue weighted by Crippen LogP contribution is 2.11. The maximum atomic E-state index is 11.7. The van der Waals surface area contributed by atoms with Crippen molar-refractivity contribution >= 4 is 5.97 Å². The molecule has 0 aliphatic carbocycles. The van der Waals surface area contributed by atoms with Crippen LogP contribution in [0.3, 0.4) is 0 Å². The van der Waals surface area contributed by atoms with Crippen LogP contribution in [0.2, 0.25) is 0 Å². The summed E-state index contributed by atoms with van der Waals surface area (Å²) in [5.74, 6) is -0.289.